The van der Waals surface area contributed by atoms with Crippen LogP contribution in [0.1, 0.15) is 44.4 Å². The minimum Gasteiger partial charge on any atom is -0.440 e. The lowest BCUT2D eigenvalue weighted by Gasteiger charge is -2.22. The molecule has 4 atom stereocenters. The van der Waals surface area contributed by atoms with Crippen molar-refractivity contribution in [3.63, 3.8) is 0 Å². The quantitative estimate of drug-likeness (QED) is 0.516. The van der Waals surface area contributed by atoms with E-state index in [1.807, 2.05) is 5.38 Å². The van der Waals surface area contributed by atoms with Gasteiger partial charge in [-0.2, -0.15) is 0 Å². The molecule has 6 nitrogen and oxygen atoms in total. The van der Waals surface area contributed by atoms with Gasteiger partial charge in [0.2, 0.25) is 10.0 Å². The summed E-state index contributed by atoms with van der Waals surface area (Å²) >= 11 is 1.43. The van der Waals surface area contributed by atoms with Crippen molar-refractivity contribution in [1.29, 1.82) is 0 Å². The molecule has 2 aliphatic rings. The average Bonchev–Trinajstić information content (AvgIpc) is 3.43. The first-order valence-corrected chi connectivity index (χ1v) is 13.3. The molecule has 2 N–H and O–H groups in total. The number of oxazole rings is 1. The molecule has 4 unspecified atom stereocenters. The van der Waals surface area contributed by atoms with Gasteiger partial charge < -0.3 is 4.42 Å². The summed E-state index contributed by atoms with van der Waals surface area (Å²) in [5.41, 5.74) is 1.71. The summed E-state index contributed by atoms with van der Waals surface area (Å²) in [5.74, 6) is 3.68. The van der Waals surface area contributed by atoms with Crippen LogP contribution in [0.15, 0.2) is 45.7 Å². The Hall–Kier alpha value is -2.03. The number of benzene rings is 1. The molecule has 3 aromatic rings. The van der Waals surface area contributed by atoms with Crippen LogP contribution in [0.25, 0.3) is 21.7 Å². The van der Waals surface area contributed by atoms with Crippen LogP contribution in [0.5, 0.6) is 0 Å². The van der Waals surface area contributed by atoms with E-state index in [1.54, 1.807) is 6.20 Å². The summed E-state index contributed by atoms with van der Waals surface area (Å²) in [4.78, 5) is 8.97. The van der Waals surface area contributed by atoms with Gasteiger partial charge in [0.15, 0.2) is 11.5 Å². The van der Waals surface area contributed by atoms with Gasteiger partial charge in [0.1, 0.15) is 10.5 Å². The zero-order chi connectivity index (χ0) is 21.6. The topological polar surface area (TPSA) is 99.1 Å². The minimum atomic E-state index is -3.86. The Morgan fingerprint density at radius 1 is 1.26 bits per heavy atom. The average molecular weight is 458 g/mol. The normalized spacial score (nSPS) is 26.2. The highest BCUT2D eigenvalue weighted by Crippen LogP contribution is 2.47. The van der Waals surface area contributed by atoms with E-state index >= 15 is 0 Å². The van der Waals surface area contributed by atoms with Crippen molar-refractivity contribution in [3.8, 4) is 10.6 Å². The molecule has 0 amide bonds. The number of nitrogens with two attached hydrogens (primary N) is 1. The lowest BCUT2D eigenvalue weighted by atomic mass is 9.84. The van der Waals surface area contributed by atoms with Gasteiger partial charge in [-0.15, -0.1) is 17.9 Å². The molecular formula is C23H27N3O3S2. The molecule has 8 heteroatoms. The second-order valence-electron chi connectivity index (χ2n) is 9.02. The largest absolute Gasteiger partial charge is 0.440 e. The molecule has 5 rings (SSSR count). The Morgan fingerprint density at radius 2 is 2.13 bits per heavy atom. The summed E-state index contributed by atoms with van der Waals surface area (Å²) < 4.78 is 30.1. The second kappa shape index (κ2) is 8.15. The van der Waals surface area contributed by atoms with E-state index in [0.717, 1.165) is 24.7 Å². The molecule has 2 aliphatic carbocycles. The Balaban J connectivity index is 1.38. The number of sulfonamides is 1. The Bertz CT molecular complexity index is 1200. The highest BCUT2D eigenvalue weighted by atomic mass is 32.2. The molecule has 164 valence electrons. The smallest absolute Gasteiger partial charge is 0.238 e. The van der Waals surface area contributed by atoms with Crippen LogP contribution in [0, 0.1) is 23.7 Å². The summed E-state index contributed by atoms with van der Waals surface area (Å²) in [6, 6.07) is 3.03. The molecular weight excluding hydrogens is 430 g/mol. The van der Waals surface area contributed by atoms with Gasteiger partial charge in [-0.1, -0.05) is 12.5 Å². The minimum absolute atomic E-state index is 0.0293. The fourth-order valence-electron chi connectivity index (χ4n) is 5.56. The number of thiazole rings is 1. The first-order chi connectivity index (χ1) is 14.9. The molecule has 0 spiro atoms. The van der Waals surface area contributed by atoms with Gasteiger partial charge >= 0.3 is 0 Å². The number of aryl methyl sites for hydroxylation is 1. The van der Waals surface area contributed by atoms with Gasteiger partial charge in [-0.3, -0.25) is 0 Å². The molecule has 0 saturated heterocycles. The predicted octanol–water partition coefficient (Wildman–Crippen LogP) is 5.16. The predicted molar refractivity (Wildman–Crippen MR) is 122 cm³/mol. The zero-order valence-corrected chi connectivity index (χ0v) is 19.0. The van der Waals surface area contributed by atoms with Crippen molar-refractivity contribution < 1.29 is 12.8 Å². The van der Waals surface area contributed by atoms with Crippen LogP contribution in [0.2, 0.25) is 0 Å². The number of primary sulfonamides is 1. The van der Waals surface area contributed by atoms with E-state index in [2.05, 4.69) is 22.6 Å². The third-order valence-corrected chi connectivity index (χ3v) is 8.73. The highest BCUT2D eigenvalue weighted by Gasteiger charge is 2.36. The van der Waals surface area contributed by atoms with Crippen molar-refractivity contribution in [2.45, 2.75) is 49.8 Å². The molecule has 31 heavy (non-hydrogen) atoms. The molecule has 1 aromatic carbocycles. The second-order valence-corrected chi connectivity index (χ2v) is 11.5. The summed E-state index contributed by atoms with van der Waals surface area (Å²) in [6.07, 6.45) is 12.1. The van der Waals surface area contributed by atoms with Crippen LogP contribution in [0.3, 0.4) is 0 Å². The van der Waals surface area contributed by atoms with Crippen molar-refractivity contribution in [1.82, 2.24) is 9.97 Å². The van der Waals surface area contributed by atoms with Gasteiger partial charge in [0.05, 0.1) is 10.5 Å². The van der Waals surface area contributed by atoms with Crippen molar-refractivity contribution in [2.75, 3.05) is 0 Å². The van der Waals surface area contributed by atoms with Gasteiger partial charge in [-0.05, 0) is 67.9 Å². The fraction of sp³-hybridized carbons (Fsp3) is 0.478. The maximum Gasteiger partial charge on any atom is 0.238 e. The number of nitrogens with zero attached hydrogens (tertiary/aromatic N) is 2. The first kappa shape index (κ1) is 20.8. The van der Waals surface area contributed by atoms with Crippen LogP contribution in [0.4, 0.5) is 0 Å². The van der Waals surface area contributed by atoms with Crippen molar-refractivity contribution in [3.05, 3.63) is 42.3 Å². The van der Waals surface area contributed by atoms with Gasteiger partial charge in [-0.25, -0.2) is 23.5 Å². The maximum absolute atomic E-state index is 12.0. The standard InChI is InChI=1S/C23H27N3O3S2/c1-2-16-10-15-9-14(3-5-17(16)11-15)4-6-21-26-20-13-18(31(24,27)28)12-19(22(20)29-21)23-25-7-8-30-23/h2,7-8,12-17H,1,3-6,9-11H2,(H2,24,27,28). The number of hydrogen-bond donors (Lipinski definition) is 1. The van der Waals surface area contributed by atoms with Crippen molar-refractivity contribution in [2.24, 2.45) is 28.8 Å². The van der Waals surface area contributed by atoms with Crippen LogP contribution >= 0.6 is 11.3 Å². The Labute approximate surface area is 186 Å². The Kier molecular flexibility index (Phi) is 5.48. The van der Waals surface area contributed by atoms with E-state index < -0.39 is 10.0 Å². The number of allylic oxidation sites excluding steroid dienone is 1. The van der Waals surface area contributed by atoms with Gasteiger partial charge in [0, 0.05) is 18.0 Å². The van der Waals surface area contributed by atoms with E-state index in [4.69, 9.17) is 9.56 Å². The van der Waals surface area contributed by atoms with E-state index in [9.17, 15) is 8.42 Å². The van der Waals surface area contributed by atoms with Crippen molar-refractivity contribution >= 4 is 32.5 Å². The molecule has 2 bridgehead atoms. The highest BCUT2D eigenvalue weighted by molar-refractivity contribution is 7.89. The molecule has 2 aromatic heterocycles. The molecule has 0 aliphatic heterocycles. The molecule has 2 heterocycles. The fourth-order valence-corrected chi connectivity index (χ4v) is 6.77. The summed E-state index contributed by atoms with van der Waals surface area (Å²) in [7, 11) is -3.86. The van der Waals surface area contributed by atoms with Crippen LogP contribution < -0.4 is 5.14 Å². The van der Waals surface area contributed by atoms with E-state index in [1.165, 1.54) is 55.6 Å². The van der Waals surface area contributed by atoms with E-state index in [-0.39, 0.29) is 4.90 Å². The maximum atomic E-state index is 12.0. The number of aromatic nitrogens is 2. The molecule has 2 saturated carbocycles. The summed E-state index contributed by atoms with van der Waals surface area (Å²) in [5, 5.41) is 7.92. The number of rotatable bonds is 6. The first-order valence-electron chi connectivity index (χ1n) is 10.9. The zero-order valence-electron chi connectivity index (χ0n) is 17.4. The number of fused-ring (bicyclic) bond motifs is 3. The third-order valence-electron chi connectivity index (χ3n) is 7.03. The SMILES string of the molecule is C=CC1CC2CC(CCc3nc4cc(S(N)(=O)=O)cc(-c5nccs5)c4o3)CCC1C2. The monoisotopic (exact) mass is 457 g/mol. The van der Waals surface area contributed by atoms with Crippen LogP contribution in [-0.2, 0) is 16.4 Å². The third kappa shape index (κ3) is 4.21. The van der Waals surface area contributed by atoms with Crippen LogP contribution in [-0.4, -0.2) is 18.4 Å². The van der Waals surface area contributed by atoms with E-state index in [0.29, 0.717) is 39.4 Å². The lowest BCUT2D eigenvalue weighted by molar-refractivity contribution is 0.314. The Morgan fingerprint density at radius 3 is 2.87 bits per heavy atom. The molecule has 0 radical (unpaired) electrons. The summed E-state index contributed by atoms with van der Waals surface area (Å²) in [6.45, 7) is 4.03. The lowest BCUT2D eigenvalue weighted by Crippen LogP contribution is -2.12. The number of hydrogen-bond acceptors (Lipinski definition) is 6. The molecule has 2 fully saturated rings. The van der Waals surface area contributed by atoms with Gasteiger partial charge in [0.25, 0.3) is 0 Å².